The van der Waals surface area contributed by atoms with Crippen LogP contribution in [0.15, 0.2) is 61.2 Å². The molecule has 0 N–H and O–H groups in total. The lowest BCUT2D eigenvalue weighted by atomic mass is 10.5. The Hall–Kier alpha value is -1.00. The Bertz CT molecular complexity index is 391. The van der Waals surface area contributed by atoms with Crippen molar-refractivity contribution in [3.05, 3.63) is 61.2 Å². The highest BCUT2D eigenvalue weighted by Crippen LogP contribution is 2.19. The van der Waals surface area contributed by atoms with E-state index in [0.29, 0.717) is 0 Å². The Morgan fingerprint density at radius 1 is 0.556 bits per heavy atom. The van der Waals surface area contributed by atoms with Gasteiger partial charge in [-0.2, -0.15) is 0 Å². The van der Waals surface area contributed by atoms with Crippen molar-refractivity contribution in [2.75, 3.05) is 11.5 Å². The molecule has 0 aromatic carbocycles. The fourth-order valence-electron chi connectivity index (χ4n) is 1.57. The molecule has 0 aliphatic heterocycles. The number of nitrogens with zero attached hydrogens (tertiary/aromatic N) is 2. The number of pyridine rings is 2. The van der Waals surface area contributed by atoms with Crippen LogP contribution in [0.3, 0.4) is 0 Å². The van der Waals surface area contributed by atoms with Gasteiger partial charge in [0.15, 0.2) is 37.9 Å². The average molecular weight is 278 g/mol. The summed E-state index contributed by atoms with van der Waals surface area (Å²) in [6.45, 7) is 2.16. The topological polar surface area (TPSA) is 7.76 Å². The lowest BCUT2D eigenvalue weighted by Crippen LogP contribution is -2.34. The van der Waals surface area contributed by atoms with Crippen LogP contribution < -0.4 is 9.13 Å². The lowest BCUT2D eigenvalue weighted by molar-refractivity contribution is -0.692. The van der Waals surface area contributed by atoms with Crippen LogP contribution in [0.1, 0.15) is 0 Å². The maximum Gasteiger partial charge on any atom is 0.168 e. The third-order valence-electron chi connectivity index (χ3n) is 2.50. The highest BCUT2D eigenvalue weighted by Gasteiger charge is 2.00. The van der Waals surface area contributed by atoms with Crippen LogP contribution >= 0.6 is 21.6 Å². The monoisotopic (exact) mass is 278 g/mol. The van der Waals surface area contributed by atoms with E-state index in [9.17, 15) is 0 Å². The molecule has 0 amide bonds. The quantitative estimate of drug-likeness (QED) is 0.436. The molecule has 18 heavy (non-hydrogen) atoms. The largest absolute Gasteiger partial charge is 0.204 e. The molecule has 2 nitrogen and oxygen atoms in total. The number of hydrogen-bond donors (Lipinski definition) is 0. The van der Waals surface area contributed by atoms with Gasteiger partial charge in [0, 0.05) is 24.3 Å². The summed E-state index contributed by atoms with van der Waals surface area (Å²) in [5.74, 6) is 2.30. The molecule has 0 fully saturated rings. The third-order valence-corrected chi connectivity index (χ3v) is 4.87. The molecule has 94 valence electrons. The van der Waals surface area contributed by atoms with E-state index in [2.05, 4.69) is 70.3 Å². The predicted molar refractivity (Wildman–Crippen MR) is 78.2 cm³/mol. The summed E-state index contributed by atoms with van der Waals surface area (Å²) in [5, 5.41) is 0. The van der Waals surface area contributed by atoms with E-state index in [1.165, 1.54) is 0 Å². The second-order valence-electron chi connectivity index (χ2n) is 3.87. The van der Waals surface area contributed by atoms with Gasteiger partial charge >= 0.3 is 0 Å². The number of hydrogen-bond acceptors (Lipinski definition) is 2. The van der Waals surface area contributed by atoms with Crippen LogP contribution in [0.5, 0.6) is 0 Å². The summed E-state index contributed by atoms with van der Waals surface area (Å²) in [4.78, 5) is 0. The van der Waals surface area contributed by atoms with Gasteiger partial charge in [-0.05, 0) is 0 Å². The minimum atomic E-state index is 1.08. The summed E-state index contributed by atoms with van der Waals surface area (Å²) < 4.78 is 4.44. The third kappa shape index (κ3) is 5.10. The molecule has 0 unspecified atom stereocenters. The number of aromatic nitrogens is 2. The van der Waals surface area contributed by atoms with Gasteiger partial charge in [-0.3, -0.25) is 0 Å². The minimum absolute atomic E-state index is 1.08. The van der Waals surface area contributed by atoms with Crippen LogP contribution in [0.25, 0.3) is 0 Å². The maximum absolute atomic E-state index is 2.22. The first kappa shape index (κ1) is 13.4. The number of rotatable bonds is 7. The van der Waals surface area contributed by atoms with Crippen molar-refractivity contribution in [3.8, 4) is 0 Å². The van der Waals surface area contributed by atoms with E-state index in [1.54, 1.807) is 0 Å². The molecular weight excluding hydrogens is 260 g/mol. The van der Waals surface area contributed by atoms with Gasteiger partial charge < -0.3 is 0 Å². The Labute approximate surface area is 116 Å². The predicted octanol–water partition coefficient (Wildman–Crippen LogP) is 2.34. The minimum Gasteiger partial charge on any atom is -0.204 e. The first-order valence-corrected chi connectivity index (χ1v) is 8.56. The van der Waals surface area contributed by atoms with E-state index in [1.807, 2.05) is 21.6 Å². The lowest BCUT2D eigenvalue weighted by Gasteiger charge is -1.98. The Balaban J connectivity index is 1.54. The van der Waals surface area contributed by atoms with Gasteiger partial charge in [0.05, 0.1) is 11.5 Å². The van der Waals surface area contributed by atoms with Crippen molar-refractivity contribution in [3.63, 3.8) is 0 Å². The molecule has 0 aliphatic rings. The van der Waals surface area contributed by atoms with Crippen LogP contribution in [0.4, 0.5) is 0 Å². The SMILES string of the molecule is c1cc[n+](CCSSCC[n+]2ccccc2)cc1. The van der Waals surface area contributed by atoms with Crippen molar-refractivity contribution in [1.82, 2.24) is 0 Å². The highest BCUT2D eigenvalue weighted by molar-refractivity contribution is 8.76. The molecule has 4 heteroatoms. The molecule has 0 saturated carbocycles. The molecule has 0 bridgehead atoms. The second-order valence-corrected chi connectivity index (χ2v) is 6.57. The summed E-state index contributed by atoms with van der Waals surface area (Å²) in [7, 11) is 3.90. The van der Waals surface area contributed by atoms with Gasteiger partial charge in [0.25, 0.3) is 0 Å². The first-order valence-electron chi connectivity index (χ1n) is 6.08. The van der Waals surface area contributed by atoms with Gasteiger partial charge in [0.1, 0.15) is 0 Å². The molecule has 0 saturated heterocycles. The van der Waals surface area contributed by atoms with E-state index >= 15 is 0 Å². The van der Waals surface area contributed by atoms with Crippen molar-refractivity contribution in [2.45, 2.75) is 13.1 Å². The fourth-order valence-corrected chi connectivity index (χ4v) is 3.53. The zero-order chi connectivity index (χ0) is 12.5. The van der Waals surface area contributed by atoms with Crippen LogP contribution in [0, 0.1) is 0 Å². The van der Waals surface area contributed by atoms with E-state index < -0.39 is 0 Å². The second kappa shape index (κ2) is 8.16. The fraction of sp³-hybridized carbons (Fsp3) is 0.286. The Kier molecular flexibility index (Phi) is 6.09. The first-order chi connectivity index (χ1) is 8.95. The van der Waals surface area contributed by atoms with Gasteiger partial charge in [-0.1, -0.05) is 33.7 Å². The van der Waals surface area contributed by atoms with Crippen molar-refractivity contribution in [2.24, 2.45) is 0 Å². The average Bonchev–Trinajstić information content (AvgIpc) is 2.45. The molecule has 0 spiro atoms. The molecular formula is C14H18N2S2+2. The normalized spacial score (nSPS) is 10.4. The van der Waals surface area contributed by atoms with Crippen LogP contribution in [-0.2, 0) is 13.1 Å². The summed E-state index contributed by atoms with van der Waals surface area (Å²) in [5.41, 5.74) is 0. The van der Waals surface area contributed by atoms with Gasteiger partial charge in [0.2, 0.25) is 0 Å². The molecule has 2 heterocycles. The van der Waals surface area contributed by atoms with E-state index in [-0.39, 0.29) is 0 Å². The van der Waals surface area contributed by atoms with Crippen molar-refractivity contribution in [1.29, 1.82) is 0 Å². The molecule has 0 aliphatic carbocycles. The Morgan fingerprint density at radius 2 is 0.944 bits per heavy atom. The zero-order valence-electron chi connectivity index (χ0n) is 10.3. The summed E-state index contributed by atoms with van der Waals surface area (Å²) in [6.07, 6.45) is 8.46. The smallest absolute Gasteiger partial charge is 0.168 e. The molecule has 0 radical (unpaired) electrons. The maximum atomic E-state index is 2.22. The highest BCUT2D eigenvalue weighted by atomic mass is 33.1. The van der Waals surface area contributed by atoms with E-state index in [0.717, 1.165) is 24.6 Å². The van der Waals surface area contributed by atoms with Gasteiger partial charge in [-0.15, -0.1) is 0 Å². The number of aryl methyl sites for hydroxylation is 2. The van der Waals surface area contributed by atoms with Crippen LogP contribution in [0.2, 0.25) is 0 Å². The Morgan fingerprint density at radius 3 is 1.33 bits per heavy atom. The molecule has 2 aromatic rings. The summed E-state index contributed by atoms with van der Waals surface area (Å²) in [6, 6.07) is 12.4. The molecule has 0 atom stereocenters. The van der Waals surface area contributed by atoms with Gasteiger partial charge in [-0.25, -0.2) is 9.13 Å². The van der Waals surface area contributed by atoms with E-state index in [4.69, 9.17) is 0 Å². The van der Waals surface area contributed by atoms with Crippen LogP contribution in [-0.4, -0.2) is 11.5 Å². The zero-order valence-corrected chi connectivity index (χ0v) is 11.9. The van der Waals surface area contributed by atoms with Crippen molar-refractivity contribution < 1.29 is 9.13 Å². The standard InChI is InChI=1S/C14H18N2S2/c1-3-7-15(8-4-1)11-13-17-18-14-12-16-9-5-2-6-10-16/h1-10H,11-14H2/q+2. The molecule has 2 aromatic heterocycles. The molecule has 2 rings (SSSR count). The van der Waals surface area contributed by atoms with Crippen molar-refractivity contribution >= 4 is 21.6 Å². The summed E-state index contributed by atoms with van der Waals surface area (Å²) >= 11 is 0.